The first-order chi connectivity index (χ1) is 19.3. The molecule has 2 amide bonds. The molecule has 42 heavy (non-hydrogen) atoms. The van der Waals surface area contributed by atoms with Gasteiger partial charge in [-0.25, -0.2) is 4.79 Å². The third-order valence-corrected chi connectivity index (χ3v) is 8.05. The topological polar surface area (TPSA) is 203 Å². The second-order valence-electron chi connectivity index (χ2n) is 12.8. The first-order valence-corrected chi connectivity index (χ1v) is 13.5. The molecule has 228 valence electrons. The number of fused-ring (bicyclic) bond motifs is 3. The van der Waals surface area contributed by atoms with E-state index < -0.39 is 69.9 Å². The average molecular weight is 587 g/mol. The summed E-state index contributed by atoms with van der Waals surface area (Å²) in [6.45, 7) is 5.71. The third kappa shape index (κ3) is 4.75. The largest absolute Gasteiger partial charge is 0.510 e. The minimum atomic E-state index is -2.74. The molecule has 1 aromatic rings. The highest BCUT2D eigenvalue weighted by molar-refractivity contribution is 6.25. The van der Waals surface area contributed by atoms with Gasteiger partial charge >= 0.3 is 6.09 Å². The Kier molecular flexibility index (Phi) is 7.58. The molecular weight excluding hydrogens is 548 g/mol. The number of nitrogens with two attached hydrogens (primary N) is 1. The Hall–Kier alpha value is -4.10. The second-order valence-corrected chi connectivity index (χ2v) is 12.8. The Bertz CT molecular complexity index is 1450. The van der Waals surface area contributed by atoms with Crippen molar-refractivity contribution in [2.24, 2.45) is 23.0 Å². The number of aliphatic hydroxyl groups is 3. The fourth-order valence-electron chi connectivity index (χ4n) is 6.22. The molecule has 7 N–H and O–H groups in total. The summed E-state index contributed by atoms with van der Waals surface area (Å²) in [5.74, 6) is -7.47. The number of hydrogen-bond donors (Lipinski definition) is 6. The van der Waals surface area contributed by atoms with Crippen LogP contribution in [0, 0.1) is 17.3 Å². The zero-order valence-corrected chi connectivity index (χ0v) is 24.7. The number of ether oxygens (including phenoxy) is 1. The summed E-state index contributed by atoms with van der Waals surface area (Å²) in [6.07, 6.45) is -0.765. The van der Waals surface area contributed by atoms with Gasteiger partial charge in [-0.2, -0.15) is 0 Å². The lowest BCUT2D eigenvalue weighted by molar-refractivity contribution is -0.148. The zero-order valence-electron chi connectivity index (χ0n) is 24.7. The molecule has 1 aromatic carbocycles. The van der Waals surface area contributed by atoms with Gasteiger partial charge in [0.25, 0.3) is 5.91 Å². The molecule has 13 nitrogen and oxygen atoms in total. The quantitative estimate of drug-likeness (QED) is 0.217. The number of benzene rings is 1. The van der Waals surface area contributed by atoms with Crippen molar-refractivity contribution < 1.29 is 44.3 Å². The highest BCUT2D eigenvalue weighted by Gasteiger charge is 2.63. The van der Waals surface area contributed by atoms with Gasteiger partial charge in [0.1, 0.15) is 17.1 Å². The smallest absolute Gasteiger partial charge is 0.411 e. The number of likely N-dealkylation sites (N-methyl/N-ethyl adjacent to an activating group) is 1. The van der Waals surface area contributed by atoms with Crippen LogP contribution in [0.3, 0.4) is 0 Å². The van der Waals surface area contributed by atoms with Crippen LogP contribution in [0.5, 0.6) is 5.75 Å². The van der Waals surface area contributed by atoms with Crippen molar-refractivity contribution in [1.82, 2.24) is 4.90 Å². The summed E-state index contributed by atoms with van der Waals surface area (Å²) in [5, 5.41) is 47.8. The van der Waals surface area contributed by atoms with E-state index in [0.717, 1.165) is 0 Å². The van der Waals surface area contributed by atoms with Crippen LogP contribution in [0.15, 0.2) is 28.7 Å². The molecule has 3 aliphatic rings. The molecule has 3 aliphatic carbocycles. The van der Waals surface area contributed by atoms with E-state index in [0.29, 0.717) is 11.3 Å². The van der Waals surface area contributed by atoms with Crippen molar-refractivity contribution in [2.45, 2.75) is 45.3 Å². The van der Waals surface area contributed by atoms with Crippen molar-refractivity contribution in [2.75, 3.05) is 45.0 Å². The van der Waals surface area contributed by atoms with E-state index in [9.17, 15) is 39.6 Å². The van der Waals surface area contributed by atoms with Crippen LogP contribution in [-0.2, 0) is 20.7 Å². The number of amides is 2. The Morgan fingerprint density at radius 2 is 1.76 bits per heavy atom. The van der Waals surface area contributed by atoms with E-state index in [1.54, 1.807) is 33.1 Å². The Labute approximate surface area is 243 Å². The van der Waals surface area contributed by atoms with E-state index in [1.807, 2.05) is 20.8 Å². The number of phenolic OH excluding ortho intramolecular Hbond substituents is 1. The summed E-state index contributed by atoms with van der Waals surface area (Å²) < 4.78 is 5.25. The van der Waals surface area contributed by atoms with Gasteiger partial charge in [-0.05, 0) is 49.9 Å². The zero-order chi connectivity index (χ0) is 31.6. The number of nitrogens with zero attached hydrogens (tertiary/aromatic N) is 2. The molecule has 0 spiro atoms. The molecule has 0 aromatic heterocycles. The highest BCUT2D eigenvalue weighted by atomic mass is 16.5. The number of ketones is 2. The molecule has 0 heterocycles. The molecule has 4 atom stereocenters. The first kappa shape index (κ1) is 30.8. The molecule has 0 radical (unpaired) electrons. The minimum absolute atomic E-state index is 0.0292. The number of allylic oxidation sites excluding steroid dienone is 1. The number of phenols is 1. The van der Waals surface area contributed by atoms with Crippen LogP contribution in [0.1, 0.15) is 43.1 Å². The number of carbonyl (C=O) groups is 4. The fourth-order valence-corrected chi connectivity index (χ4v) is 6.22. The number of carbonyl (C=O) groups excluding carboxylic acids is 4. The molecule has 0 fully saturated rings. The maximum atomic E-state index is 14.0. The standard InChI is InChI=1S/C29H38N4O9/c1-28(2,3)11-42-27(40)31-15-10-16(32(4)5)13-8-12-9-14-20(33(6)7)23(36)19(26(30)39)25(38)29(14,41)24(37)17(12)22(35)18(13)21(15)34/h10,12,14,20,34,36-37,41H,8-9,11H2,1-7H3,(H2,30,39)(H,31,40)/t12?,14?,20-,29-/m0/s1. The van der Waals surface area contributed by atoms with Gasteiger partial charge in [0.15, 0.2) is 17.1 Å². The number of aliphatic hydroxyl groups excluding tert-OH is 2. The van der Waals surface area contributed by atoms with Crippen LogP contribution in [0.25, 0.3) is 0 Å². The van der Waals surface area contributed by atoms with Crippen molar-refractivity contribution in [1.29, 1.82) is 0 Å². The lowest BCUT2D eigenvalue weighted by atomic mass is 9.58. The van der Waals surface area contributed by atoms with Gasteiger partial charge in [-0.15, -0.1) is 0 Å². The van der Waals surface area contributed by atoms with Gasteiger partial charge in [0, 0.05) is 31.3 Å². The van der Waals surface area contributed by atoms with E-state index in [-0.39, 0.29) is 41.7 Å². The molecular formula is C29H38N4O9. The van der Waals surface area contributed by atoms with Crippen LogP contribution in [-0.4, -0.2) is 95.3 Å². The van der Waals surface area contributed by atoms with Gasteiger partial charge in [-0.1, -0.05) is 20.8 Å². The van der Waals surface area contributed by atoms with Crippen molar-refractivity contribution in [3.63, 3.8) is 0 Å². The normalized spacial score (nSPS) is 25.6. The van der Waals surface area contributed by atoms with E-state index >= 15 is 0 Å². The molecule has 0 bridgehead atoms. The summed E-state index contributed by atoms with van der Waals surface area (Å²) in [6, 6.07) is 0.427. The molecule has 13 heteroatoms. The van der Waals surface area contributed by atoms with Crippen molar-refractivity contribution >= 4 is 34.9 Å². The van der Waals surface area contributed by atoms with Crippen LogP contribution in [0.4, 0.5) is 16.2 Å². The molecule has 4 rings (SSSR count). The fraction of sp³-hybridized carbons (Fsp3) is 0.517. The minimum Gasteiger partial charge on any atom is -0.510 e. The lowest BCUT2D eigenvalue weighted by Crippen LogP contribution is -2.63. The number of aromatic hydroxyl groups is 1. The monoisotopic (exact) mass is 586 g/mol. The predicted molar refractivity (Wildman–Crippen MR) is 152 cm³/mol. The average Bonchev–Trinajstić information content (AvgIpc) is 2.85. The number of Topliss-reactive ketones (excluding diaryl/α,β-unsaturated/α-hetero) is 2. The SMILES string of the molecule is CN(C)c1cc(NC(=O)OCC(C)(C)C)c(O)c2c1CC1CC3[C@H](N(C)C)C(O)=C(C(N)=O)C(=O)[C@@]3(O)C(O)=C1C2=O. The van der Waals surface area contributed by atoms with E-state index in [2.05, 4.69) is 5.32 Å². The Balaban J connectivity index is 1.87. The second kappa shape index (κ2) is 10.3. The number of hydrogen-bond acceptors (Lipinski definition) is 11. The Morgan fingerprint density at radius 3 is 2.29 bits per heavy atom. The lowest BCUT2D eigenvalue weighted by Gasteiger charge is -2.50. The van der Waals surface area contributed by atoms with Gasteiger partial charge < -0.3 is 35.8 Å². The number of primary amides is 1. The van der Waals surface area contributed by atoms with Gasteiger partial charge in [-0.3, -0.25) is 24.6 Å². The summed E-state index contributed by atoms with van der Waals surface area (Å²) in [7, 11) is 6.57. The maximum absolute atomic E-state index is 14.0. The number of anilines is 2. The van der Waals surface area contributed by atoms with E-state index in [1.165, 1.54) is 11.0 Å². The van der Waals surface area contributed by atoms with Crippen molar-refractivity contribution in [3.8, 4) is 5.75 Å². The van der Waals surface area contributed by atoms with Crippen LogP contribution in [0.2, 0.25) is 0 Å². The van der Waals surface area contributed by atoms with Crippen LogP contribution >= 0.6 is 0 Å². The summed E-state index contributed by atoms with van der Waals surface area (Å²) in [5.41, 5.74) is 1.76. The van der Waals surface area contributed by atoms with Crippen molar-refractivity contribution in [3.05, 3.63) is 39.9 Å². The molecule has 0 saturated heterocycles. The number of nitrogens with one attached hydrogen (secondary N) is 1. The van der Waals surface area contributed by atoms with E-state index in [4.69, 9.17) is 10.5 Å². The molecule has 2 unspecified atom stereocenters. The molecule has 0 aliphatic heterocycles. The maximum Gasteiger partial charge on any atom is 0.411 e. The third-order valence-electron chi connectivity index (χ3n) is 8.05. The summed E-state index contributed by atoms with van der Waals surface area (Å²) in [4.78, 5) is 55.4. The van der Waals surface area contributed by atoms with Crippen LogP contribution < -0.4 is 16.0 Å². The summed E-state index contributed by atoms with van der Waals surface area (Å²) >= 11 is 0. The predicted octanol–water partition coefficient (Wildman–Crippen LogP) is 1.78. The Morgan fingerprint density at radius 1 is 1.14 bits per heavy atom. The first-order valence-electron chi connectivity index (χ1n) is 13.5. The van der Waals surface area contributed by atoms with Gasteiger partial charge in [0.05, 0.1) is 23.9 Å². The van der Waals surface area contributed by atoms with Gasteiger partial charge in [0.2, 0.25) is 5.78 Å². The highest BCUT2D eigenvalue weighted by Crippen LogP contribution is 2.53. The molecule has 0 saturated carbocycles. The number of rotatable bonds is 5.